The number of aromatic nitrogens is 1. The fourth-order valence-corrected chi connectivity index (χ4v) is 2.38. The summed E-state index contributed by atoms with van der Waals surface area (Å²) >= 11 is 0. The Bertz CT molecular complexity index is 693. The van der Waals surface area contributed by atoms with Crippen LogP contribution in [0.15, 0.2) is 47.5 Å². The summed E-state index contributed by atoms with van der Waals surface area (Å²) in [6, 6.07) is 9.58. The second-order valence-corrected chi connectivity index (χ2v) is 6.70. The highest BCUT2D eigenvalue weighted by Crippen LogP contribution is 2.23. The van der Waals surface area contributed by atoms with Crippen LogP contribution in [0.25, 0.3) is 0 Å². The number of nitrogens with zero attached hydrogens (tertiary/aromatic N) is 1. The standard InChI is InChI=1S/C15H17NO4S/c1-3-15(17)14-9-6-12(10-16-14)20-11-4-7-13(8-5-11)21(2,18)19/h4-10,15,17H,3H2,1-2H3. The number of benzene rings is 1. The fraction of sp³-hybridized carbons (Fsp3) is 0.267. The van der Waals surface area contributed by atoms with E-state index in [1.54, 1.807) is 24.3 Å². The van der Waals surface area contributed by atoms with Crippen LogP contribution >= 0.6 is 0 Å². The number of aliphatic hydroxyl groups is 1. The van der Waals surface area contributed by atoms with Gasteiger partial charge >= 0.3 is 0 Å². The van der Waals surface area contributed by atoms with Crippen LogP contribution in [0, 0.1) is 0 Å². The minimum Gasteiger partial charge on any atom is -0.456 e. The van der Waals surface area contributed by atoms with Crippen molar-refractivity contribution in [2.45, 2.75) is 24.3 Å². The van der Waals surface area contributed by atoms with Gasteiger partial charge in [0.15, 0.2) is 9.84 Å². The highest BCUT2D eigenvalue weighted by atomic mass is 32.2. The van der Waals surface area contributed by atoms with Gasteiger partial charge in [-0.25, -0.2) is 8.42 Å². The van der Waals surface area contributed by atoms with Gasteiger partial charge in [-0.05, 0) is 42.8 Å². The van der Waals surface area contributed by atoms with E-state index < -0.39 is 15.9 Å². The predicted octanol–water partition coefficient (Wildman–Crippen LogP) is 2.72. The first-order valence-electron chi connectivity index (χ1n) is 6.52. The zero-order chi connectivity index (χ0) is 15.5. The van der Waals surface area contributed by atoms with Crippen molar-refractivity contribution in [1.29, 1.82) is 0 Å². The van der Waals surface area contributed by atoms with Gasteiger partial charge in [-0.3, -0.25) is 4.98 Å². The van der Waals surface area contributed by atoms with E-state index in [4.69, 9.17) is 4.74 Å². The summed E-state index contributed by atoms with van der Waals surface area (Å²) in [5.41, 5.74) is 0.595. The summed E-state index contributed by atoms with van der Waals surface area (Å²) in [6.45, 7) is 1.88. The highest BCUT2D eigenvalue weighted by molar-refractivity contribution is 7.90. The van der Waals surface area contributed by atoms with Crippen LogP contribution < -0.4 is 4.74 Å². The minimum absolute atomic E-state index is 0.245. The first-order chi connectivity index (χ1) is 9.90. The molecule has 6 heteroatoms. The first kappa shape index (κ1) is 15.5. The van der Waals surface area contributed by atoms with Gasteiger partial charge < -0.3 is 9.84 Å². The lowest BCUT2D eigenvalue weighted by Crippen LogP contribution is -1.98. The van der Waals surface area contributed by atoms with Crippen LogP contribution in [0.4, 0.5) is 0 Å². The predicted molar refractivity (Wildman–Crippen MR) is 79.1 cm³/mol. The second kappa shape index (κ2) is 6.24. The highest BCUT2D eigenvalue weighted by Gasteiger charge is 2.08. The maximum Gasteiger partial charge on any atom is 0.175 e. The van der Waals surface area contributed by atoms with Crippen molar-refractivity contribution in [2.75, 3.05) is 6.26 Å². The monoisotopic (exact) mass is 307 g/mol. The molecule has 1 aromatic heterocycles. The normalized spacial score (nSPS) is 12.9. The fourth-order valence-electron chi connectivity index (χ4n) is 1.75. The quantitative estimate of drug-likeness (QED) is 0.919. The molecular weight excluding hydrogens is 290 g/mol. The third-order valence-corrected chi connectivity index (χ3v) is 4.10. The summed E-state index contributed by atoms with van der Waals surface area (Å²) in [5.74, 6) is 1.04. The lowest BCUT2D eigenvalue weighted by molar-refractivity contribution is 0.169. The lowest BCUT2D eigenvalue weighted by Gasteiger charge is -2.09. The Morgan fingerprint density at radius 3 is 2.24 bits per heavy atom. The number of sulfone groups is 1. The number of pyridine rings is 1. The van der Waals surface area contributed by atoms with Gasteiger partial charge in [0, 0.05) is 6.26 Å². The van der Waals surface area contributed by atoms with Gasteiger partial charge in [0.1, 0.15) is 11.5 Å². The molecule has 0 amide bonds. The molecule has 21 heavy (non-hydrogen) atoms. The van der Waals surface area contributed by atoms with Crippen molar-refractivity contribution in [1.82, 2.24) is 4.98 Å². The summed E-state index contributed by atoms with van der Waals surface area (Å²) in [5, 5.41) is 9.66. The molecule has 5 nitrogen and oxygen atoms in total. The molecule has 0 radical (unpaired) electrons. The summed E-state index contributed by atoms with van der Waals surface area (Å²) in [7, 11) is -3.21. The van der Waals surface area contributed by atoms with Crippen molar-refractivity contribution < 1.29 is 18.3 Å². The smallest absolute Gasteiger partial charge is 0.175 e. The van der Waals surface area contributed by atoms with Gasteiger partial charge in [-0.15, -0.1) is 0 Å². The van der Waals surface area contributed by atoms with Gasteiger partial charge in [0.2, 0.25) is 0 Å². The van der Waals surface area contributed by atoms with Crippen molar-refractivity contribution >= 4 is 9.84 Å². The molecular formula is C15H17NO4S. The number of aliphatic hydroxyl groups excluding tert-OH is 1. The summed E-state index contributed by atoms with van der Waals surface area (Å²) < 4.78 is 28.3. The third-order valence-electron chi connectivity index (χ3n) is 2.97. The molecule has 1 unspecified atom stereocenters. The van der Waals surface area contributed by atoms with Crippen molar-refractivity contribution in [3.8, 4) is 11.5 Å². The van der Waals surface area contributed by atoms with E-state index in [9.17, 15) is 13.5 Å². The first-order valence-corrected chi connectivity index (χ1v) is 8.41. The molecule has 0 spiro atoms. The largest absolute Gasteiger partial charge is 0.456 e. The van der Waals surface area contributed by atoms with Gasteiger partial charge in [0.25, 0.3) is 0 Å². The summed E-state index contributed by atoms with van der Waals surface area (Å²) in [6.07, 6.45) is 2.71. The molecule has 0 aliphatic carbocycles. The Balaban J connectivity index is 2.11. The molecule has 0 fully saturated rings. The van der Waals surface area contributed by atoms with Crippen molar-refractivity contribution in [3.05, 3.63) is 48.3 Å². The van der Waals surface area contributed by atoms with Crippen LogP contribution in [0.3, 0.4) is 0 Å². The van der Waals surface area contributed by atoms with Crippen LogP contribution in [-0.4, -0.2) is 24.8 Å². The Morgan fingerprint density at radius 2 is 1.76 bits per heavy atom. The molecule has 0 aliphatic rings. The third kappa shape index (κ3) is 4.03. The minimum atomic E-state index is -3.21. The molecule has 2 aromatic rings. The van der Waals surface area contributed by atoms with Crippen LogP contribution in [0.1, 0.15) is 25.1 Å². The van der Waals surface area contributed by atoms with E-state index in [2.05, 4.69) is 4.98 Å². The van der Waals surface area contributed by atoms with E-state index in [0.717, 1.165) is 6.26 Å². The number of hydrogen-bond donors (Lipinski definition) is 1. The molecule has 1 aromatic carbocycles. The van der Waals surface area contributed by atoms with E-state index >= 15 is 0 Å². The maximum absolute atomic E-state index is 11.4. The Kier molecular flexibility index (Phi) is 4.59. The number of hydrogen-bond acceptors (Lipinski definition) is 5. The average Bonchev–Trinajstić information content (AvgIpc) is 2.47. The van der Waals surface area contributed by atoms with E-state index in [1.807, 2.05) is 6.92 Å². The molecule has 1 heterocycles. The number of rotatable bonds is 5. The Hall–Kier alpha value is -1.92. The zero-order valence-corrected chi connectivity index (χ0v) is 12.7. The Labute approximate surface area is 124 Å². The van der Waals surface area contributed by atoms with Crippen LogP contribution in [0.2, 0.25) is 0 Å². The molecule has 0 saturated heterocycles. The van der Waals surface area contributed by atoms with Gasteiger partial charge in [-0.2, -0.15) is 0 Å². The molecule has 0 aliphatic heterocycles. The second-order valence-electron chi connectivity index (χ2n) is 4.69. The number of ether oxygens (including phenoxy) is 1. The van der Waals surface area contributed by atoms with Gasteiger partial charge in [0.05, 0.1) is 22.9 Å². The Morgan fingerprint density at radius 1 is 1.14 bits per heavy atom. The van der Waals surface area contributed by atoms with Crippen molar-refractivity contribution in [2.24, 2.45) is 0 Å². The lowest BCUT2D eigenvalue weighted by atomic mass is 10.2. The SMILES string of the molecule is CCC(O)c1ccc(Oc2ccc(S(C)(=O)=O)cc2)cn1. The molecule has 2 rings (SSSR count). The topological polar surface area (TPSA) is 76.5 Å². The molecule has 0 saturated carbocycles. The molecule has 1 atom stereocenters. The van der Waals surface area contributed by atoms with Crippen LogP contribution in [0.5, 0.6) is 11.5 Å². The molecule has 1 N–H and O–H groups in total. The molecule has 0 bridgehead atoms. The zero-order valence-electron chi connectivity index (χ0n) is 11.9. The van der Waals surface area contributed by atoms with E-state index in [1.165, 1.54) is 18.3 Å². The summed E-state index contributed by atoms with van der Waals surface area (Å²) in [4.78, 5) is 4.38. The van der Waals surface area contributed by atoms with Crippen LogP contribution in [-0.2, 0) is 9.84 Å². The average molecular weight is 307 g/mol. The van der Waals surface area contributed by atoms with E-state index in [-0.39, 0.29) is 4.90 Å². The maximum atomic E-state index is 11.4. The van der Waals surface area contributed by atoms with E-state index in [0.29, 0.717) is 23.6 Å². The van der Waals surface area contributed by atoms with Gasteiger partial charge in [-0.1, -0.05) is 6.92 Å². The molecule has 112 valence electrons. The van der Waals surface area contributed by atoms with Crippen molar-refractivity contribution in [3.63, 3.8) is 0 Å².